The van der Waals surface area contributed by atoms with Crippen LogP contribution >= 0.6 is 0 Å². The Morgan fingerprint density at radius 3 is 2.68 bits per heavy atom. The number of nitrogens with one attached hydrogen (secondary N) is 1. The molecule has 0 aliphatic heterocycles. The van der Waals surface area contributed by atoms with Gasteiger partial charge in [-0.1, -0.05) is 29.8 Å². The van der Waals surface area contributed by atoms with Gasteiger partial charge in [-0.3, -0.25) is 9.78 Å². The molecule has 0 aliphatic rings. The van der Waals surface area contributed by atoms with Gasteiger partial charge in [-0.2, -0.15) is 0 Å². The highest BCUT2D eigenvalue weighted by Crippen LogP contribution is 2.06. The second kappa shape index (κ2) is 6.69. The predicted octanol–water partition coefficient (Wildman–Crippen LogP) is 2.64. The van der Waals surface area contributed by atoms with Crippen molar-refractivity contribution in [1.82, 2.24) is 10.3 Å². The maximum atomic E-state index is 11.7. The number of hydrogen-bond acceptors (Lipinski definition) is 2. The number of rotatable bonds is 5. The van der Waals surface area contributed by atoms with E-state index >= 15 is 0 Å². The van der Waals surface area contributed by atoms with E-state index < -0.39 is 0 Å². The summed E-state index contributed by atoms with van der Waals surface area (Å²) < 4.78 is 0. The summed E-state index contributed by atoms with van der Waals surface area (Å²) in [4.78, 5) is 15.7. The molecule has 2 aromatic rings. The van der Waals surface area contributed by atoms with Crippen LogP contribution in [0.15, 0.2) is 48.8 Å². The standard InChI is InChI=1S/C16H18N2O/c1-13-3-2-4-14(11-13)5-6-16(19)18-12-15-7-9-17-10-8-15/h2-4,7-11H,5-6,12H2,1H3,(H,18,19). The smallest absolute Gasteiger partial charge is 0.220 e. The fourth-order valence-electron chi connectivity index (χ4n) is 1.92. The predicted molar refractivity (Wildman–Crippen MR) is 75.6 cm³/mol. The van der Waals surface area contributed by atoms with Gasteiger partial charge in [-0.05, 0) is 36.6 Å². The second-order valence-electron chi connectivity index (χ2n) is 4.62. The molecule has 0 fully saturated rings. The molecule has 0 aliphatic carbocycles. The first-order valence-electron chi connectivity index (χ1n) is 6.45. The Hall–Kier alpha value is -2.16. The highest BCUT2D eigenvalue weighted by Gasteiger charge is 2.02. The van der Waals surface area contributed by atoms with Gasteiger partial charge >= 0.3 is 0 Å². The molecule has 98 valence electrons. The molecule has 3 heteroatoms. The lowest BCUT2D eigenvalue weighted by Crippen LogP contribution is -2.22. The van der Waals surface area contributed by atoms with Crippen molar-refractivity contribution in [2.24, 2.45) is 0 Å². The molecular formula is C16H18N2O. The quantitative estimate of drug-likeness (QED) is 0.891. The minimum Gasteiger partial charge on any atom is -0.352 e. The Kier molecular flexibility index (Phi) is 4.67. The Morgan fingerprint density at radius 1 is 1.16 bits per heavy atom. The van der Waals surface area contributed by atoms with Crippen LogP contribution in [-0.2, 0) is 17.8 Å². The summed E-state index contributed by atoms with van der Waals surface area (Å²) >= 11 is 0. The molecule has 19 heavy (non-hydrogen) atoms. The Morgan fingerprint density at radius 2 is 1.95 bits per heavy atom. The van der Waals surface area contributed by atoms with E-state index in [1.807, 2.05) is 18.2 Å². The largest absolute Gasteiger partial charge is 0.352 e. The van der Waals surface area contributed by atoms with Crippen molar-refractivity contribution in [1.29, 1.82) is 0 Å². The maximum Gasteiger partial charge on any atom is 0.220 e. The van der Waals surface area contributed by atoms with Crippen LogP contribution in [0, 0.1) is 6.92 Å². The highest BCUT2D eigenvalue weighted by molar-refractivity contribution is 5.76. The first kappa shape index (κ1) is 13.3. The van der Waals surface area contributed by atoms with E-state index in [4.69, 9.17) is 0 Å². The van der Waals surface area contributed by atoms with Crippen LogP contribution in [0.2, 0.25) is 0 Å². The first-order valence-corrected chi connectivity index (χ1v) is 6.45. The fourth-order valence-corrected chi connectivity index (χ4v) is 1.92. The van der Waals surface area contributed by atoms with Gasteiger partial charge in [0.15, 0.2) is 0 Å². The SMILES string of the molecule is Cc1cccc(CCC(=O)NCc2ccncc2)c1. The summed E-state index contributed by atoms with van der Waals surface area (Å²) in [5.74, 6) is 0.0818. The average molecular weight is 254 g/mol. The number of carbonyl (C=O) groups is 1. The molecule has 1 heterocycles. The molecule has 1 aromatic carbocycles. The van der Waals surface area contributed by atoms with E-state index in [0.717, 1.165) is 12.0 Å². The van der Waals surface area contributed by atoms with Gasteiger partial charge in [0.05, 0.1) is 0 Å². The molecule has 0 atom stereocenters. The van der Waals surface area contributed by atoms with Crippen molar-refractivity contribution < 1.29 is 4.79 Å². The van der Waals surface area contributed by atoms with Crippen molar-refractivity contribution in [3.8, 4) is 0 Å². The van der Waals surface area contributed by atoms with Gasteiger partial charge in [0.25, 0.3) is 0 Å². The van der Waals surface area contributed by atoms with E-state index in [0.29, 0.717) is 13.0 Å². The molecule has 1 N–H and O–H groups in total. The summed E-state index contributed by atoms with van der Waals surface area (Å²) in [6.07, 6.45) is 4.76. The minimum absolute atomic E-state index is 0.0818. The lowest BCUT2D eigenvalue weighted by atomic mass is 10.1. The molecular weight excluding hydrogens is 236 g/mol. The van der Waals surface area contributed by atoms with Crippen molar-refractivity contribution in [2.45, 2.75) is 26.3 Å². The number of aryl methyl sites for hydroxylation is 2. The van der Waals surface area contributed by atoms with E-state index in [-0.39, 0.29) is 5.91 Å². The molecule has 1 aromatic heterocycles. The van der Waals surface area contributed by atoms with Crippen molar-refractivity contribution in [3.63, 3.8) is 0 Å². The van der Waals surface area contributed by atoms with Gasteiger partial charge in [-0.25, -0.2) is 0 Å². The molecule has 1 amide bonds. The van der Waals surface area contributed by atoms with Crippen LogP contribution in [0.1, 0.15) is 23.1 Å². The zero-order valence-corrected chi connectivity index (χ0v) is 11.1. The van der Waals surface area contributed by atoms with E-state index in [2.05, 4.69) is 35.4 Å². The lowest BCUT2D eigenvalue weighted by Gasteiger charge is -2.05. The van der Waals surface area contributed by atoms with Gasteiger partial charge in [0.2, 0.25) is 5.91 Å². The summed E-state index contributed by atoms with van der Waals surface area (Å²) in [5.41, 5.74) is 3.51. The zero-order valence-electron chi connectivity index (χ0n) is 11.1. The normalized spacial score (nSPS) is 10.2. The van der Waals surface area contributed by atoms with Crippen LogP contribution in [0.5, 0.6) is 0 Å². The van der Waals surface area contributed by atoms with E-state index in [1.165, 1.54) is 11.1 Å². The van der Waals surface area contributed by atoms with Crippen LogP contribution in [0.25, 0.3) is 0 Å². The third-order valence-corrected chi connectivity index (χ3v) is 2.96. The maximum absolute atomic E-state index is 11.7. The number of aromatic nitrogens is 1. The zero-order chi connectivity index (χ0) is 13.5. The Bertz CT molecular complexity index is 537. The molecule has 0 unspecified atom stereocenters. The van der Waals surface area contributed by atoms with E-state index in [9.17, 15) is 4.79 Å². The monoisotopic (exact) mass is 254 g/mol. The third-order valence-electron chi connectivity index (χ3n) is 2.96. The summed E-state index contributed by atoms with van der Waals surface area (Å²) in [5, 5.41) is 2.92. The van der Waals surface area contributed by atoms with Gasteiger partial charge in [0, 0.05) is 25.4 Å². The minimum atomic E-state index is 0.0818. The van der Waals surface area contributed by atoms with Crippen molar-refractivity contribution >= 4 is 5.91 Å². The van der Waals surface area contributed by atoms with Gasteiger partial charge in [0.1, 0.15) is 0 Å². The summed E-state index contributed by atoms with van der Waals surface area (Å²) in [6, 6.07) is 12.1. The second-order valence-corrected chi connectivity index (χ2v) is 4.62. The third kappa shape index (κ3) is 4.54. The van der Waals surface area contributed by atoms with Crippen molar-refractivity contribution in [2.75, 3.05) is 0 Å². The number of nitrogens with zero attached hydrogens (tertiary/aromatic N) is 1. The number of benzene rings is 1. The Labute approximate surface area is 113 Å². The lowest BCUT2D eigenvalue weighted by molar-refractivity contribution is -0.121. The van der Waals surface area contributed by atoms with E-state index in [1.54, 1.807) is 12.4 Å². The van der Waals surface area contributed by atoms with Crippen LogP contribution in [0.3, 0.4) is 0 Å². The molecule has 3 nitrogen and oxygen atoms in total. The molecule has 0 spiro atoms. The topological polar surface area (TPSA) is 42.0 Å². The van der Waals surface area contributed by atoms with Gasteiger partial charge in [-0.15, -0.1) is 0 Å². The van der Waals surface area contributed by atoms with Gasteiger partial charge < -0.3 is 5.32 Å². The number of pyridine rings is 1. The van der Waals surface area contributed by atoms with Crippen molar-refractivity contribution in [3.05, 3.63) is 65.5 Å². The molecule has 0 saturated heterocycles. The average Bonchev–Trinajstić information content (AvgIpc) is 2.44. The Balaban J connectivity index is 1.76. The van der Waals surface area contributed by atoms with Crippen LogP contribution in [0.4, 0.5) is 0 Å². The molecule has 2 rings (SSSR count). The van der Waals surface area contributed by atoms with Crippen LogP contribution in [-0.4, -0.2) is 10.9 Å². The van der Waals surface area contributed by atoms with Crippen LogP contribution < -0.4 is 5.32 Å². The number of carbonyl (C=O) groups excluding carboxylic acids is 1. The molecule has 0 saturated carbocycles. The first-order chi connectivity index (χ1) is 9.24. The number of hydrogen-bond donors (Lipinski definition) is 1. The number of amides is 1. The molecule has 0 radical (unpaired) electrons. The summed E-state index contributed by atoms with van der Waals surface area (Å²) in [7, 11) is 0. The summed E-state index contributed by atoms with van der Waals surface area (Å²) in [6.45, 7) is 2.63. The molecule has 0 bridgehead atoms. The fraction of sp³-hybridized carbons (Fsp3) is 0.250. The highest BCUT2D eigenvalue weighted by atomic mass is 16.1.